The topological polar surface area (TPSA) is 37.3 Å². The van der Waals surface area contributed by atoms with Gasteiger partial charge in [-0.1, -0.05) is 30.1 Å². The van der Waals surface area contributed by atoms with Crippen molar-refractivity contribution in [3.63, 3.8) is 0 Å². The molecule has 0 aromatic heterocycles. The second kappa shape index (κ2) is 4.67. The van der Waals surface area contributed by atoms with E-state index in [2.05, 4.69) is 0 Å². The van der Waals surface area contributed by atoms with Gasteiger partial charge in [0.25, 0.3) is 0 Å². The minimum atomic E-state index is -0.183. The van der Waals surface area contributed by atoms with E-state index in [9.17, 15) is 9.90 Å². The van der Waals surface area contributed by atoms with Gasteiger partial charge >= 0.3 is 0 Å². The first-order chi connectivity index (χ1) is 6.57. The predicted octanol–water partition coefficient (Wildman–Crippen LogP) is 3.68. The van der Waals surface area contributed by atoms with E-state index in [0.717, 1.165) is 0 Å². The summed E-state index contributed by atoms with van der Waals surface area (Å²) in [4.78, 5) is 11.5. The number of carbonyl (C=O) groups is 1. The van der Waals surface area contributed by atoms with E-state index in [4.69, 9.17) is 23.2 Å². The zero-order valence-corrected chi connectivity index (χ0v) is 9.19. The van der Waals surface area contributed by atoms with Gasteiger partial charge in [-0.2, -0.15) is 0 Å². The number of ketones is 1. The number of halogens is 2. The van der Waals surface area contributed by atoms with Crippen LogP contribution in [0.2, 0.25) is 10.0 Å². The van der Waals surface area contributed by atoms with Crippen molar-refractivity contribution < 1.29 is 9.90 Å². The smallest absolute Gasteiger partial charge is 0.168 e. The molecular weight excluding hydrogens is 223 g/mol. The molecule has 1 aromatic rings. The Morgan fingerprint density at radius 1 is 1.43 bits per heavy atom. The Bertz CT molecular complexity index is 361. The minimum Gasteiger partial charge on any atom is -0.507 e. The number of rotatable bonds is 3. The number of hydrogen-bond acceptors (Lipinski definition) is 2. The third kappa shape index (κ3) is 2.20. The van der Waals surface area contributed by atoms with Crippen LogP contribution in [0.4, 0.5) is 0 Å². The Balaban J connectivity index is 3.18. The first kappa shape index (κ1) is 11.3. The minimum absolute atomic E-state index is 0.113. The second-order valence-corrected chi connectivity index (χ2v) is 3.71. The molecule has 0 atom stereocenters. The first-order valence-corrected chi connectivity index (χ1v) is 5.03. The third-order valence-corrected chi connectivity index (χ3v) is 2.63. The van der Waals surface area contributed by atoms with Gasteiger partial charge in [0.05, 0.1) is 15.6 Å². The predicted molar refractivity (Wildman–Crippen MR) is 57.4 cm³/mol. The van der Waals surface area contributed by atoms with Crippen LogP contribution in [0.15, 0.2) is 12.1 Å². The highest BCUT2D eigenvalue weighted by Gasteiger charge is 2.16. The summed E-state index contributed by atoms with van der Waals surface area (Å²) >= 11 is 11.6. The Morgan fingerprint density at radius 2 is 2.07 bits per heavy atom. The summed E-state index contributed by atoms with van der Waals surface area (Å²) in [7, 11) is 0. The van der Waals surface area contributed by atoms with Gasteiger partial charge in [-0.15, -0.1) is 0 Å². The molecule has 14 heavy (non-hydrogen) atoms. The van der Waals surface area contributed by atoms with Crippen molar-refractivity contribution in [3.8, 4) is 5.75 Å². The average Bonchev–Trinajstić information content (AvgIpc) is 2.13. The maximum Gasteiger partial charge on any atom is 0.168 e. The quantitative estimate of drug-likeness (QED) is 0.808. The number of benzene rings is 1. The lowest BCUT2D eigenvalue weighted by Gasteiger charge is -2.06. The van der Waals surface area contributed by atoms with E-state index in [-0.39, 0.29) is 27.1 Å². The number of phenols is 1. The molecule has 1 N–H and O–H groups in total. The highest BCUT2D eigenvalue weighted by Crippen LogP contribution is 2.33. The van der Waals surface area contributed by atoms with Gasteiger partial charge in [-0.3, -0.25) is 4.79 Å². The summed E-state index contributed by atoms with van der Waals surface area (Å²) < 4.78 is 0. The summed E-state index contributed by atoms with van der Waals surface area (Å²) in [6, 6.07) is 2.83. The fourth-order valence-electron chi connectivity index (χ4n) is 1.16. The van der Waals surface area contributed by atoms with Crippen molar-refractivity contribution in [3.05, 3.63) is 27.7 Å². The van der Waals surface area contributed by atoms with Crippen molar-refractivity contribution >= 4 is 29.0 Å². The number of phenolic OH excluding ortho intramolecular Hbond substituents is 1. The van der Waals surface area contributed by atoms with Gasteiger partial charge in [0.1, 0.15) is 5.75 Å². The molecule has 0 spiro atoms. The zero-order valence-electron chi connectivity index (χ0n) is 7.68. The molecule has 0 bridgehead atoms. The van der Waals surface area contributed by atoms with Crippen LogP contribution >= 0.6 is 23.2 Å². The number of Topliss-reactive ketones (excluding diaryl/α,β-unsaturated/α-hetero) is 1. The fraction of sp³-hybridized carbons (Fsp3) is 0.300. The monoisotopic (exact) mass is 232 g/mol. The average molecular weight is 233 g/mol. The number of carbonyl (C=O) groups excluding carboxylic acids is 1. The van der Waals surface area contributed by atoms with Crippen LogP contribution in [0.3, 0.4) is 0 Å². The number of aromatic hydroxyl groups is 1. The maximum atomic E-state index is 11.5. The van der Waals surface area contributed by atoms with Crippen LogP contribution in [-0.2, 0) is 0 Å². The molecule has 0 radical (unpaired) electrons. The molecule has 4 heteroatoms. The van der Waals surface area contributed by atoms with E-state index in [0.29, 0.717) is 12.8 Å². The maximum absolute atomic E-state index is 11.5. The van der Waals surface area contributed by atoms with Gasteiger partial charge in [0.2, 0.25) is 0 Å². The van der Waals surface area contributed by atoms with Crippen LogP contribution < -0.4 is 0 Å². The molecule has 0 saturated heterocycles. The van der Waals surface area contributed by atoms with E-state index in [1.807, 2.05) is 6.92 Å². The number of hydrogen-bond donors (Lipinski definition) is 1. The van der Waals surface area contributed by atoms with Crippen LogP contribution in [0, 0.1) is 0 Å². The largest absolute Gasteiger partial charge is 0.507 e. The Kier molecular flexibility index (Phi) is 3.78. The molecule has 0 fully saturated rings. The summed E-state index contributed by atoms with van der Waals surface area (Å²) in [5.74, 6) is -0.296. The molecule has 0 aliphatic heterocycles. The summed E-state index contributed by atoms with van der Waals surface area (Å²) in [5, 5.41) is 9.86. The van der Waals surface area contributed by atoms with Gasteiger partial charge in [-0.05, 0) is 18.6 Å². The van der Waals surface area contributed by atoms with E-state index < -0.39 is 0 Å². The SMILES string of the molecule is CCCC(=O)c1c(O)ccc(Cl)c1Cl. The van der Waals surface area contributed by atoms with Crippen LogP contribution in [0.5, 0.6) is 5.75 Å². The molecule has 0 aliphatic rings. The summed E-state index contributed by atoms with van der Waals surface area (Å²) in [6.45, 7) is 1.88. The molecule has 76 valence electrons. The highest BCUT2D eigenvalue weighted by atomic mass is 35.5. The van der Waals surface area contributed by atoms with Gasteiger partial charge < -0.3 is 5.11 Å². The molecule has 1 rings (SSSR count). The van der Waals surface area contributed by atoms with Crippen molar-refractivity contribution in [2.45, 2.75) is 19.8 Å². The Hall–Kier alpha value is -0.730. The lowest BCUT2D eigenvalue weighted by Crippen LogP contribution is -2.00. The van der Waals surface area contributed by atoms with E-state index >= 15 is 0 Å². The molecule has 1 aromatic carbocycles. The van der Waals surface area contributed by atoms with Crippen molar-refractivity contribution in [1.29, 1.82) is 0 Å². The Labute approximate surface area is 92.5 Å². The summed E-state index contributed by atoms with van der Waals surface area (Å²) in [5.41, 5.74) is 0.126. The second-order valence-electron chi connectivity index (χ2n) is 2.93. The highest BCUT2D eigenvalue weighted by molar-refractivity contribution is 6.44. The van der Waals surface area contributed by atoms with Gasteiger partial charge in [0.15, 0.2) is 5.78 Å². The molecule has 0 saturated carbocycles. The van der Waals surface area contributed by atoms with Crippen molar-refractivity contribution in [2.75, 3.05) is 0 Å². The lowest BCUT2D eigenvalue weighted by molar-refractivity contribution is 0.0979. The first-order valence-electron chi connectivity index (χ1n) is 4.28. The van der Waals surface area contributed by atoms with Gasteiger partial charge in [-0.25, -0.2) is 0 Å². The lowest BCUT2D eigenvalue weighted by atomic mass is 10.1. The molecule has 0 heterocycles. The van der Waals surface area contributed by atoms with E-state index in [1.165, 1.54) is 12.1 Å². The molecule has 0 unspecified atom stereocenters. The van der Waals surface area contributed by atoms with Crippen LogP contribution in [0.25, 0.3) is 0 Å². The normalized spacial score (nSPS) is 10.2. The molecule has 2 nitrogen and oxygen atoms in total. The van der Waals surface area contributed by atoms with Crippen molar-refractivity contribution in [1.82, 2.24) is 0 Å². The van der Waals surface area contributed by atoms with Crippen molar-refractivity contribution in [2.24, 2.45) is 0 Å². The van der Waals surface area contributed by atoms with Crippen LogP contribution in [-0.4, -0.2) is 10.9 Å². The fourth-order valence-corrected chi connectivity index (χ4v) is 1.58. The van der Waals surface area contributed by atoms with Crippen LogP contribution in [0.1, 0.15) is 30.1 Å². The van der Waals surface area contributed by atoms with E-state index in [1.54, 1.807) is 0 Å². The molecular formula is C10H10Cl2O2. The molecule has 0 amide bonds. The zero-order chi connectivity index (χ0) is 10.7. The summed E-state index contributed by atoms with van der Waals surface area (Å²) in [6.07, 6.45) is 1.06. The standard InChI is InChI=1S/C10H10Cl2O2/c1-2-3-7(13)9-8(14)5-4-6(11)10(9)12/h4-5,14H,2-3H2,1H3. The Morgan fingerprint density at radius 3 is 2.64 bits per heavy atom. The third-order valence-electron chi connectivity index (χ3n) is 1.83. The van der Waals surface area contributed by atoms with Gasteiger partial charge in [0, 0.05) is 6.42 Å². The molecule has 0 aliphatic carbocycles.